The summed E-state index contributed by atoms with van der Waals surface area (Å²) in [6, 6.07) is -0.0529. The van der Waals surface area contributed by atoms with Crippen LogP contribution in [0.1, 0.15) is 80.1 Å². The number of hydrogen-bond donors (Lipinski definition) is 2. The van der Waals surface area contributed by atoms with Gasteiger partial charge in [0.25, 0.3) is 0 Å². The highest BCUT2D eigenvalue weighted by atomic mass is 16.6. The van der Waals surface area contributed by atoms with Crippen LogP contribution >= 0.6 is 0 Å². The minimum Gasteiger partial charge on any atom is -0.459 e. The van der Waals surface area contributed by atoms with Crippen LogP contribution in [0.5, 0.6) is 0 Å². The van der Waals surface area contributed by atoms with Gasteiger partial charge < -0.3 is 29.6 Å². The predicted molar refractivity (Wildman–Crippen MR) is 155 cm³/mol. The summed E-state index contributed by atoms with van der Waals surface area (Å²) < 4.78 is 22.7. The van der Waals surface area contributed by atoms with Gasteiger partial charge in [0.15, 0.2) is 0 Å². The van der Waals surface area contributed by atoms with E-state index < -0.39 is 6.10 Å². The van der Waals surface area contributed by atoms with Crippen LogP contribution in [0.3, 0.4) is 0 Å². The van der Waals surface area contributed by atoms with Gasteiger partial charge in [0.05, 0.1) is 43.2 Å². The molecule has 0 bridgehead atoms. The average Bonchev–Trinajstić information content (AvgIpc) is 3.65. The van der Waals surface area contributed by atoms with Gasteiger partial charge in [-0.15, -0.1) is 0 Å². The van der Waals surface area contributed by atoms with Gasteiger partial charge in [-0.2, -0.15) is 0 Å². The van der Waals surface area contributed by atoms with E-state index in [4.69, 9.17) is 18.9 Å². The number of esters is 1. The van der Waals surface area contributed by atoms with Crippen LogP contribution in [-0.2, 0) is 33.3 Å². The zero-order chi connectivity index (χ0) is 29.7. The third kappa shape index (κ3) is 12.4. The van der Waals surface area contributed by atoms with Gasteiger partial charge in [0.2, 0.25) is 11.8 Å². The Morgan fingerprint density at radius 1 is 1.18 bits per heavy atom. The molecule has 0 aromatic heterocycles. The van der Waals surface area contributed by atoms with Crippen molar-refractivity contribution in [1.29, 1.82) is 0 Å². The van der Waals surface area contributed by atoms with E-state index in [-0.39, 0.29) is 47.7 Å². The van der Waals surface area contributed by atoms with Crippen LogP contribution in [0.15, 0.2) is 36.0 Å². The summed E-state index contributed by atoms with van der Waals surface area (Å²) in [5.41, 5.74) is 1.29. The van der Waals surface area contributed by atoms with Gasteiger partial charge in [0, 0.05) is 39.3 Å². The average molecular weight is 563 g/mol. The molecule has 0 aliphatic carbocycles. The quantitative estimate of drug-likeness (QED) is 0.178. The van der Waals surface area contributed by atoms with E-state index in [0.29, 0.717) is 12.3 Å². The molecule has 3 fully saturated rings. The van der Waals surface area contributed by atoms with Crippen LogP contribution < -0.4 is 10.6 Å². The van der Waals surface area contributed by atoms with Crippen molar-refractivity contribution in [1.82, 2.24) is 10.6 Å². The number of ether oxygens (including phenoxy) is 4. The first-order chi connectivity index (χ1) is 19.0. The van der Waals surface area contributed by atoms with Gasteiger partial charge in [-0.3, -0.25) is 14.4 Å². The number of amides is 2. The SMILES string of the molecule is CC(=O)OC(C)/C=C\C(=O)NC1CC(C)C(C/C=C(C)/C=C/C2CC3(CCO2)CO3)OC1C.CCCC(=O)NC. The summed E-state index contributed by atoms with van der Waals surface area (Å²) in [7, 11) is 1.65. The number of hydrogen-bond acceptors (Lipinski definition) is 7. The lowest BCUT2D eigenvalue weighted by Gasteiger charge is -2.39. The number of allylic oxidation sites excluding steroid dienone is 2. The van der Waals surface area contributed by atoms with Gasteiger partial charge in [-0.05, 0) is 52.0 Å². The Hall–Kier alpha value is -2.49. The third-order valence-electron chi connectivity index (χ3n) is 7.43. The molecule has 3 rings (SSSR count). The fourth-order valence-corrected chi connectivity index (χ4v) is 4.86. The van der Waals surface area contributed by atoms with E-state index in [0.717, 1.165) is 45.3 Å². The molecule has 2 N–H and O–H groups in total. The molecule has 3 heterocycles. The molecule has 2 amide bonds. The molecule has 7 atom stereocenters. The van der Waals surface area contributed by atoms with Crippen LogP contribution in [-0.4, -0.2) is 74.1 Å². The zero-order valence-corrected chi connectivity index (χ0v) is 25.4. The molecule has 3 aliphatic heterocycles. The molecule has 0 radical (unpaired) electrons. The molecule has 7 unspecified atom stereocenters. The highest BCUT2D eigenvalue weighted by molar-refractivity contribution is 5.87. The second kappa shape index (κ2) is 16.7. The third-order valence-corrected chi connectivity index (χ3v) is 7.43. The van der Waals surface area contributed by atoms with Crippen molar-refractivity contribution in [3.05, 3.63) is 36.0 Å². The fraction of sp³-hybridized carbons (Fsp3) is 0.710. The molecule has 9 nitrogen and oxygen atoms in total. The number of carbonyl (C=O) groups is 3. The topological polar surface area (TPSA) is 115 Å². The summed E-state index contributed by atoms with van der Waals surface area (Å²) in [6.45, 7) is 13.0. The van der Waals surface area contributed by atoms with Crippen LogP contribution in [0.2, 0.25) is 0 Å². The minimum absolute atomic E-state index is 0.0529. The van der Waals surface area contributed by atoms with E-state index in [2.05, 4.69) is 42.7 Å². The highest BCUT2D eigenvalue weighted by Crippen LogP contribution is 2.39. The minimum atomic E-state index is -0.437. The molecule has 9 heteroatoms. The van der Waals surface area contributed by atoms with Gasteiger partial charge in [-0.1, -0.05) is 37.6 Å². The Balaban J connectivity index is 0.000000708. The molecule has 0 saturated carbocycles. The predicted octanol–water partition coefficient (Wildman–Crippen LogP) is 4.17. The molecule has 40 heavy (non-hydrogen) atoms. The number of carbonyl (C=O) groups excluding carboxylic acids is 3. The second-order valence-corrected chi connectivity index (χ2v) is 11.2. The van der Waals surface area contributed by atoms with Crippen molar-refractivity contribution in [3.8, 4) is 0 Å². The zero-order valence-electron chi connectivity index (χ0n) is 25.4. The summed E-state index contributed by atoms with van der Waals surface area (Å²) in [5.74, 6) is -0.131. The Morgan fingerprint density at radius 3 is 2.50 bits per heavy atom. The monoisotopic (exact) mass is 562 g/mol. The molecule has 3 aliphatic rings. The lowest BCUT2D eigenvalue weighted by Crippen LogP contribution is -2.50. The van der Waals surface area contributed by atoms with Crippen molar-refractivity contribution in [3.63, 3.8) is 0 Å². The maximum atomic E-state index is 12.3. The first-order valence-electron chi connectivity index (χ1n) is 14.6. The smallest absolute Gasteiger partial charge is 0.303 e. The molecule has 0 aromatic carbocycles. The summed E-state index contributed by atoms with van der Waals surface area (Å²) >= 11 is 0. The van der Waals surface area contributed by atoms with Crippen LogP contribution in [0.25, 0.3) is 0 Å². The Labute approximate surface area is 240 Å². The van der Waals surface area contributed by atoms with Crippen molar-refractivity contribution in [2.75, 3.05) is 20.3 Å². The number of epoxide rings is 1. The first-order valence-corrected chi connectivity index (χ1v) is 14.6. The largest absolute Gasteiger partial charge is 0.459 e. The van der Waals surface area contributed by atoms with E-state index in [9.17, 15) is 14.4 Å². The number of nitrogens with one attached hydrogen (secondary N) is 2. The van der Waals surface area contributed by atoms with Crippen LogP contribution in [0.4, 0.5) is 0 Å². The van der Waals surface area contributed by atoms with E-state index in [1.807, 2.05) is 13.8 Å². The maximum Gasteiger partial charge on any atom is 0.303 e. The summed E-state index contributed by atoms with van der Waals surface area (Å²) in [4.78, 5) is 33.5. The van der Waals surface area contributed by atoms with Crippen molar-refractivity contribution in [2.24, 2.45) is 5.92 Å². The van der Waals surface area contributed by atoms with E-state index >= 15 is 0 Å². The van der Waals surface area contributed by atoms with Crippen LogP contribution in [0, 0.1) is 5.92 Å². The Bertz CT molecular complexity index is 925. The molecular weight excluding hydrogens is 512 g/mol. The normalized spacial score (nSPS) is 30.9. The van der Waals surface area contributed by atoms with Crippen molar-refractivity contribution < 1.29 is 33.3 Å². The lowest BCUT2D eigenvalue weighted by molar-refractivity contribution is -0.143. The molecular formula is C31H50N2O7. The molecule has 3 saturated heterocycles. The second-order valence-electron chi connectivity index (χ2n) is 11.2. The van der Waals surface area contributed by atoms with Gasteiger partial charge in [0.1, 0.15) is 6.10 Å². The molecule has 226 valence electrons. The fourth-order valence-electron chi connectivity index (χ4n) is 4.86. The van der Waals surface area contributed by atoms with E-state index in [1.54, 1.807) is 20.0 Å². The summed E-state index contributed by atoms with van der Waals surface area (Å²) in [5, 5.41) is 5.55. The lowest BCUT2D eigenvalue weighted by atomic mass is 9.88. The van der Waals surface area contributed by atoms with Gasteiger partial charge in [-0.25, -0.2) is 0 Å². The molecule has 0 aromatic rings. The Morgan fingerprint density at radius 2 is 1.90 bits per heavy atom. The summed E-state index contributed by atoms with van der Waals surface area (Å²) in [6.07, 6.45) is 14.4. The van der Waals surface area contributed by atoms with Crippen molar-refractivity contribution in [2.45, 2.75) is 116 Å². The Kier molecular flexibility index (Phi) is 14.1. The van der Waals surface area contributed by atoms with Gasteiger partial charge >= 0.3 is 5.97 Å². The van der Waals surface area contributed by atoms with E-state index in [1.165, 1.54) is 18.6 Å². The molecule has 1 spiro atoms. The van der Waals surface area contributed by atoms with Crippen molar-refractivity contribution >= 4 is 17.8 Å². The first kappa shape index (κ1) is 33.7. The number of rotatable bonds is 10. The highest BCUT2D eigenvalue weighted by Gasteiger charge is 2.48. The maximum absolute atomic E-state index is 12.3. The standard InChI is InChI=1S/C26H39NO6.C5H11NO/c1-17(6-9-22-15-26(16-31-26)12-13-30-22)7-10-24-18(2)14-23(20(4)33-24)27-25(29)11-8-19(3)32-21(5)28;1-3-4-5(7)6-2/h6-9,11,18-20,22-24H,10,12-16H2,1-5H3,(H,27,29);3-4H2,1-2H3,(H,6,7)/b9-6+,11-8-,17-7+;.